The number of benzene rings is 1. The number of nitrogens with zero attached hydrogens (tertiary/aromatic N) is 4. The van der Waals surface area contributed by atoms with Gasteiger partial charge in [-0.2, -0.15) is 5.10 Å². The molecule has 23 heavy (non-hydrogen) atoms. The lowest BCUT2D eigenvalue weighted by Crippen LogP contribution is -2.48. The molecule has 0 aliphatic carbocycles. The van der Waals surface area contributed by atoms with Crippen LogP contribution < -0.4 is 0 Å². The molecule has 1 saturated heterocycles. The molecule has 0 atom stereocenters. The predicted octanol–water partition coefficient (Wildman–Crippen LogP) is 2.00. The summed E-state index contributed by atoms with van der Waals surface area (Å²) in [7, 11) is 0. The third-order valence-electron chi connectivity index (χ3n) is 4.16. The van der Waals surface area contributed by atoms with Crippen LogP contribution in [0, 0.1) is 5.82 Å². The van der Waals surface area contributed by atoms with Crippen LogP contribution in [0.2, 0.25) is 0 Å². The molecule has 0 spiro atoms. The minimum atomic E-state index is -0.204. The smallest absolute Gasteiger partial charge is 0.257 e. The summed E-state index contributed by atoms with van der Waals surface area (Å²) < 4.78 is 15.0. The fourth-order valence-corrected chi connectivity index (χ4v) is 2.83. The number of halogens is 1. The van der Waals surface area contributed by atoms with Crippen LogP contribution in [0.25, 0.3) is 0 Å². The van der Waals surface area contributed by atoms with E-state index in [4.69, 9.17) is 0 Å². The zero-order valence-corrected chi connectivity index (χ0v) is 13.3. The van der Waals surface area contributed by atoms with Crippen molar-refractivity contribution in [1.82, 2.24) is 19.6 Å². The zero-order valence-electron chi connectivity index (χ0n) is 13.3. The summed E-state index contributed by atoms with van der Waals surface area (Å²) in [6.07, 6.45) is 3.42. The van der Waals surface area contributed by atoms with Gasteiger partial charge >= 0.3 is 0 Å². The van der Waals surface area contributed by atoms with Gasteiger partial charge in [0.25, 0.3) is 5.91 Å². The van der Waals surface area contributed by atoms with Crippen LogP contribution in [0.4, 0.5) is 4.39 Å². The van der Waals surface area contributed by atoms with Gasteiger partial charge in [-0.05, 0) is 24.6 Å². The van der Waals surface area contributed by atoms with Crippen LogP contribution in [0.3, 0.4) is 0 Å². The van der Waals surface area contributed by atoms with Gasteiger partial charge in [0, 0.05) is 45.5 Å². The Bertz CT molecular complexity index is 677. The largest absolute Gasteiger partial charge is 0.336 e. The van der Waals surface area contributed by atoms with Gasteiger partial charge in [-0.1, -0.05) is 12.1 Å². The molecule has 2 aromatic rings. The van der Waals surface area contributed by atoms with E-state index in [1.165, 1.54) is 6.07 Å². The Morgan fingerprint density at radius 1 is 1.26 bits per heavy atom. The lowest BCUT2D eigenvalue weighted by Gasteiger charge is -2.34. The van der Waals surface area contributed by atoms with E-state index in [-0.39, 0.29) is 11.7 Å². The molecule has 0 saturated carbocycles. The first kappa shape index (κ1) is 15.7. The quantitative estimate of drug-likeness (QED) is 0.866. The fraction of sp³-hybridized carbons (Fsp3) is 0.412. The van der Waals surface area contributed by atoms with E-state index >= 15 is 0 Å². The SMILES string of the molecule is CCn1cc(C(=O)N2CCN(Cc3cccc(F)c3)CC2)cn1. The predicted molar refractivity (Wildman–Crippen MR) is 85.5 cm³/mol. The molecule has 1 amide bonds. The summed E-state index contributed by atoms with van der Waals surface area (Å²) in [5, 5.41) is 4.15. The summed E-state index contributed by atoms with van der Waals surface area (Å²) in [6.45, 7) is 6.43. The first-order valence-electron chi connectivity index (χ1n) is 7.94. The van der Waals surface area contributed by atoms with E-state index in [2.05, 4.69) is 10.00 Å². The van der Waals surface area contributed by atoms with E-state index in [9.17, 15) is 9.18 Å². The van der Waals surface area contributed by atoms with E-state index in [1.54, 1.807) is 29.2 Å². The van der Waals surface area contributed by atoms with Gasteiger partial charge in [0.05, 0.1) is 11.8 Å². The monoisotopic (exact) mass is 316 g/mol. The van der Waals surface area contributed by atoms with Gasteiger partial charge in [0.15, 0.2) is 0 Å². The zero-order chi connectivity index (χ0) is 16.2. The van der Waals surface area contributed by atoms with Gasteiger partial charge < -0.3 is 4.90 Å². The first-order chi connectivity index (χ1) is 11.2. The van der Waals surface area contributed by atoms with E-state index in [0.29, 0.717) is 25.2 Å². The van der Waals surface area contributed by atoms with Crippen LogP contribution in [0.5, 0.6) is 0 Å². The highest BCUT2D eigenvalue weighted by Crippen LogP contribution is 2.12. The van der Waals surface area contributed by atoms with Crippen molar-refractivity contribution in [2.24, 2.45) is 0 Å². The van der Waals surface area contributed by atoms with Gasteiger partial charge in [-0.25, -0.2) is 4.39 Å². The molecule has 6 heteroatoms. The Labute approximate surface area is 135 Å². The fourth-order valence-electron chi connectivity index (χ4n) is 2.83. The van der Waals surface area contributed by atoms with Gasteiger partial charge in [-0.15, -0.1) is 0 Å². The van der Waals surface area contributed by atoms with Crippen LogP contribution in [-0.4, -0.2) is 51.7 Å². The lowest BCUT2D eigenvalue weighted by atomic mass is 10.2. The number of amides is 1. The van der Waals surface area contributed by atoms with Crippen LogP contribution >= 0.6 is 0 Å². The van der Waals surface area contributed by atoms with Gasteiger partial charge in [0.2, 0.25) is 0 Å². The maximum absolute atomic E-state index is 13.2. The molecule has 1 aromatic heterocycles. The van der Waals surface area contributed by atoms with Gasteiger partial charge in [-0.3, -0.25) is 14.4 Å². The number of piperazine rings is 1. The summed E-state index contributed by atoms with van der Waals surface area (Å²) in [6, 6.07) is 6.68. The second-order valence-electron chi connectivity index (χ2n) is 5.78. The number of hydrogen-bond donors (Lipinski definition) is 0. The molecule has 1 aliphatic heterocycles. The Morgan fingerprint density at radius 3 is 2.70 bits per heavy atom. The minimum Gasteiger partial charge on any atom is -0.336 e. The standard InChI is InChI=1S/C17H21FN4O/c1-2-22-13-15(11-19-22)17(23)21-8-6-20(7-9-21)12-14-4-3-5-16(18)10-14/h3-5,10-11,13H,2,6-9,12H2,1H3. The molecule has 0 bridgehead atoms. The number of aromatic nitrogens is 2. The maximum atomic E-state index is 13.2. The highest BCUT2D eigenvalue weighted by atomic mass is 19.1. The molecule has 1 fully saturated rings. The van der Waals surface area contributed by atoms with Crippen molar-refractivity contribution < 1.29 is 9.18 Å². The van der Waals surface area contributed by atoms with Crippen molar-refractivity contribution in [3.05, 3.63) is 53.6 Å². The van der Waals surface area contributed by atoms with Crippen LogP contribution in [0.15, 0.2) is 36.7 Å². The highest BCUT2D eigenvalue weighted by Gasteiger charge is 2.23. The van der Waals surface area contributed by atoms with Crippen molar-refractivity contribution in [3.8, 4) is 0 Å². The Morgan fingerprint density at radius 2 is 2.04 bits per heavy atom. The number of rotatable bonds is 4. The highest BCUT2D eigenvalue weighted by molar-refractivity contribution is 5.93. The molecule has 0 N–H and O–H groups in total. The molecule has 0 unspecified atom stereocenters. The summed E-state index contributed by atoms with van der Waals surface area (Å²) in [4.78, 5) is 16.5. The number of carbonyl (C=O) groups is 1. The third kappa shape index (κ3) is 3.76. The Kier molecular flexibility index (Phi) is 4.71. The average Bonchev–Trinajstić information content (AvgIpc) is 3.04. The molecule has 5 nitrogen and oxygen atoms in total. The minimum absolute atomic E-state index is 0.0371. The van der Waals surface area contributed by atoms with Crippen LogP contribution in [-0.2, 0) is 13.1 Å². The van der Waals surface area contributed by atoms with Gasteiger partial charge in [0.1, 0.15) is 5.82 Å². The summed E-state index contributed by atoms with van der Waals surface area (Å²) >= 11 is 0. The molecule has 0 radical (unpaired) electrons. The molecule has 1 aliphatic rings. The van der Waals surface area contributed by atoms with E-state index < -0.39 is 0 Å². The van der Waals surface area contributed by atoms with Crippen molar-refractivity contribution in [1.29, 1.82) is 0 Å². The molecule has 122 valence electrons. The number of aryl methyl sites for hydroxylation is 1. The lowest BCUT2D eigenvalue weighted by molar-refractivity contribution is 0.0628. The Hall–Kier alpha value is -2.21. The topological polar surface area (TPSA) is 41.4 Å². The summed E-state index contributed by atoms with van der Waals surface area (Å²) in [5.74, 6) is -0.167. The third-order valence-corrected chi connectivity index (χ3v) is 4.16. The molecular formula is C17H21FN4O. The van der Waals surface area contributed by atoms with E-state index in [1.807, 2.05) is 17.9 Å². The van der Waals surface area contributed by atoms with Crippen molar-refractivity contribution in [2.45, 2.75) is 20.0 Å². The maximum Gasteiger partial charge on any atom is 0.257 e. The molecular weight excluding hydrogens is 295 g/mol. The van der Waals surface area contributed by atoms with Crippen molar-refractivity contribution in [2.75, 3.05) is 26.2 Å². The molecule has 2 heterocycles. The Balaban J connectivity index is 1.54. The normalized spacial score (nSPS) is 15.8. The number of carbonyl (C=O) groups excluding carboxylic acids is 1. The van der Waals surface area contributed by atoms with Crippen LogP contribution in [0.1, 0.15) is 22.8 Å². The number of hydrogen-bond acceptors (Lipinski definition) is 3. The van der Waals surface area contributed by atoms with Crippen molar-refractivity contribution >= 4 is 5.91 Å². The second kappa shape index (κ2) is 6.91. The molecule has 3 rings (SSSR count). The second-order valence-corrected chi connectivity index (χ2v) is 5.78. The van der Waals surface area contributed by atoms with Crippen molar-refractivity contribution in [3.63, 3.8) is 0 Å². The average molecular weight is 316 g/mol. The molecule has 1 aromatic carbocycles. The van der Waals surface area contributed by atoms with E-state index in [0.717, 1.165) is 25.2 Å². The first-order valence-corrected chi connectivity index (χ1v) is 7.94. The summed E-state index contributed by atoms with van der Waals surface area (Å²) in [5.41, 5.74) is 1.61.